The van der Waals surface area contributed by atoms with Gasteiger partial charge in [0.05, 0.1) is 20.9 Å². The predicted octanol–water partition coefficient (Wildman–Crippen LogP) is 3.70. The van der Waals surface area contributed by atoms with Crippen molar-refractivity contribution in [3.63, 3.8) is 0 Å². The van der Waals surface area contributed by atoms with Crippen LogP contribution in [0.5, 0.6) is 0 Å². The maximum Gasteiger partial charge on any atom is 0.288 e. The van der Waals surface area contributed by atoms with Gasteiger partial charge in [0.2, 0.25) is 9.84 Å². The molecular formula is C16H9ClN4O7S2. The van der Waals surface area contributed by atoms with Crippen molar-refractivity contribution in [1.82, 2.24) is 4.98 Å². The Labute approximate surface area is 177 Å². The number of benzene rings is 2. The number of thiazole rings is 1. The predicted molar refractivity (Wildman–Crippen MR) is 107 cm³/mol. The van der Waals surface area contributed by atoms with E-state index in [9.17, 15) is 33.4 Å². The zero-order valence-electron chi connectivity index (χ0n) is 14.5. The maximum atomic E-state index is 12.6. The summed E-state index contributed by atoms with van der Waals surface area (Å²) in [6.07, 6.45) is 1.03. The quantitative estimate of drug-likeness (QED) is 0.422. The number of nitrogens with one attached hydrogen (secondary N) is 1. The topological polar surface area (TPSA) is 162 Å². The molecule has 3 aromatic rings. The molecule has 1 aromatic heterocycles. The highest BCUT2D eigenvalue weighted by Crippen LogP contribution is 2.30. The average molecular weight is 469 g/mol. The number of halogens is 1. The van der Waals surface area contributed by atoms with Crippen molar-refractivity contribution >= 4 is 55.2 Å². The molecule has 0 saturated heterocycles. The first-order valence-corrected chi connectivity index (χ1v) is 10.5. The molecular weight excluding hydrogens is 460 g/mol. The zero-order valence-corrected chi connectivity index (χ0v) is 16.9. The van der Waals surface area contributed by atoms with Gasteiger partial charge in [0.1, 0.15) is 9.23 Å². The summed E-state index contributed by atoms with van der Waals surface area (Å²) in [6.45, 7) is 0. The van der Waals surface area contributed by atoms with Gasteiger partial charge in [0.15, 0.2) is 5.13 Å². The van der Waals surface area contributed by atoms with E-state index in [0.29, 0.717) is 11.3 Å². The first-order chi connectivity index (χ1) is 14.1. The molecule has 1 heterocycles. The van der Waals surface area contributed by atoms with E-state index in [0.717, 1.165) is 36.5 Å². The van der Waals surface area contributed by atoms with Gasteiger partial charge in [-0.25, -0.2) is 13.4 Å². The third-order valence-corrected chi connectivity index (χ3v) is 7.20. The Balaban J connectivity index is 1.82. The minimum atomic E-state index is -4.01. The van der Waals surface area contributed by atoms with Crippen LogP contribution in [0.4, 0.5) is 16.5 Å². The number of hydrogen-bond donors (Lipinski definition) is 1. The highest BCUT2D eigenvalue weighted by molar-refractivity contribution is 7.93. The number of carbonyl (C=O) groups excluding carboxylic acids is 1. The van der Waals surface area contributed by atoms with E-state index in [4.69, 9.17) is 11.6 Å². The lowest BCUT2D eigenvalue weighted by atomic mass is 10.2. The average Bonchev–Trinajstić information content (AvgIpc) is 3.17. The van der Waals surface area contributed by atoms with E-state index in [1.165, 1.54) is 12.1 Å². The van der Waals surface area contributed by atoms with Gasteiger partial charge in [-0.1, -0.05) is 22.9 Å². The summed E-state index contributed by atoms with van der Waals surface area (Å²) in [6, 6.07) is 7.76. The fourth-order valence-electron chi connectivity index (χ4n) is 2.27. The summed E-state index contributed by atoms with van der Waals surface area (Å²) < 4.78 is 25.1. The van der Waals surface area contributed by atoms with Crippen LogP contribution >= 0.6 is 22.9 Å². The molecule has 0 unspecified atom stereocenters. The molecule has 0 aliphatic rings. The van der Waals surface area contributed by atoms with Crippen LogP contribution in [0.1, 0.15) is 10.4 Å². The van der Waals surface area contributed by atoms with Crippen LogP contribution in [0.25, 0.3) is 0 Å². The van der Waals surface area contributed by atoms with E-state index < -0.39 is 31.3 Å². The van der Waals surface area contributed by atoms with Crippen molar-refractivity contribution in [2.24, 2.45) is 0 Å². The lowest BCUT2D eigenvalue weighted by Gasteiger charge is -2.03. The fourth-order valence-corrected chi connectivity index (χ4v) is 4.88. The third-order valence-electron chi connectivity index (χ3n) is 3.73. The number of nitrogens with zero attached hydrogens (tertiary/aromatic N) is 3. The highest BCUT2D eigenvalue weighted by atomic mass is 35.5. The van der Waals surface area contributed by atoms with Crippen molar-refractivity contribution in [2.75, 3.05) is 5.32 Å². The standard InChI is InChI=1S/C16H9ClN4O7S2/c17-12-6-1-9(7-13(12)21(25)26)15(22)19-16-18-8-14(29-16)30(27,28)11-4-2-10(3-5-11)20(23)24/h1-8H,(H,18,19,22). The SMILES string of the molecule is O=C(Nc1ncc(S(=O)(=O)c2ccc([N+](=O)[O-])cc2)s1)c1ccc(Cl)c([N+](=O)[O-])c1. The maximum absolute atomic E-state index is 12.6. The summed E-state index contributed by atoms with van der Waals surface area (Å²) in [7, 11) is -4.01. The first-order valence-electron chi connectivity index (χ1n) is 7.80. The molecule has 1 N–H and O–H groups in total. The van der Waals surface area contributed by atoms with Gasteiger partial charge >= 0.3 is 0 Å². The second-order valence-corrected chi connectivity index (χ2v) is 9.23. The Hall–Kier alpha value is -3.42. The monoisotopic (exact) mass is 468 g/mol. The number of sulfone groups is 1. The van der Waals surface area contributed by atoms with Crippen molar-refractivity contribution in [1.29, 1.82) is 0 Å². The van der Waals surface area contributed by atoms with Gasteiger partial charge in [0.25, 0.3) is 17.3 Å². The van der Waals surface area contributed by atoms with Crippen LogP contribution in [0.15, 0.2) is 57.8 Å². The van der Waals surface area contributed by atoms with Gasteiger partial charge in [-0.15, -0.1) is 0 Å². The molecule has 1 amide bonds. The van der Waals surface area contributed by atoms with E-state index in [1.54, 1.807) is 0 Å². The number of nitro groups is 2. The summed E-state index contributed by atoms with van der Waals surface area (Å²) in [5, 5.41) is 23.8. The molecule has 30 heavy (non-hydrogen) atoms. The molecule has 0 bridgehead atoms. The van der Waals surface area contributed by atoms with E-state index in [1.807, 2.05) is 0 Å². The molecule has 0 aliphatic heterocycles. The van der Waals surface area contributed by atoms with E-state index >= 15 is 0 Å². The van der Waals surface area contributed by atoms with Crippen molar-refractivity contribution in [2.45, 2.75) is 9.10 Å². The van der Waals surface area contributed by atoms with E-state index in [-0.39, 0.29) is 30.5 Å². The van der Waals surface area contributed by atoms with Crippen LogP contribution < -0.4 is 5.32 Å². The number of non-ortho nitro benzene ring substituents is 1. The van der Waals surface area contributed by atoms with Gasteiger partial charge in [-0.05, 0) is 24.3 Å². The normalized spacial score (nSPS) is 11.1. The lowest BCUT2D eigenvalue weighted by molar-refractivity contribution is -0.385. The largest absolute Gasteiger partial charge is 0.298 e. The van der Waals surface area contributed by atoms with Crippen LogP contribution in [-0.4, -0.2) is 29.2 Å². The molecule has 0 saturated carbocycles. The molecule has 0 spiro atoms. The second-order valence-electron chi connectivity index (χ2n) is 5.62. The van der Waals surface area contributed by atoms with Crippen LogP contribution in [0.2, 0.25) is 5.02 Å². The Morgan fingerprint density at radius 1 is 1.07 bits per heavy atom. The lowest BCUT2D eigenvalue weighted by Crippen LogP contribution is -2.11. The minimum absolute atomic E-state index is 0.0573. The summed E-state index contributed by atoms with van der Waals surface area (Å²) >= 11 is 6.36. The molecule has 0 radical (unpaired) electrons. The Bertz CT molecular complexity index is 1270. The molecule has 3 rings (SSSR count). The number of amides is 1. The zero-order chi connectivity index (χ0) is 22.1. The van der Waals surface area contributed by atoms with Gasteiger partial charge < -0.3 is 0 Å². The number of nitro benzene ring substituents is 2. The number of carbonyl (C=O) groups is 1. The summed E-state index contributed by atoms with van der Waals surface area (Å²) in [5.41, 5.74) is -0.783. The highest BCUT2D eigenvalue weighted by Gasteiger charge is 2.23. The Morgan fingerprint density at radius 2 is 1.73 bits per heavy atom. The third kappa shape index (κ3) is 4.27. The van der Waals surface area contributed by atoms with Crippen molar-refractivity contribution in [3.05, 3.63) is 79.5 Å². The van der Waals surface area contributed by atoms with Crippen molar-refractivity contribution in [3.8, 4) is 0 Å². The first kappa shape index (κ1) is 21.3. The van der Waals surface area contributed by atoms with Crippen LogP contribution in [0.3, 0.4) is 0 Å². The van der Waals surface area contributed by atoms with Crippen LogP contribution in [0, 0.1) is 20.2 Å². The molecule has 0 atom stereocenters. The summed E-state index contributed by atoms with van der Waals surface area (Å²) in [5.74, 6) is -0.747. The minimum Gasteiger partial charge on any atom is -0.298 e. The number of aromatic nitrogens is 1. The fraction of sp³-hybridized carbons (Fsp3) is 0. The molecule has 2 aromatic carbocycles. The molecule has 154 valence electrons. The van der Waals surface area contributed by atoms with E-state index in [2.05, 4.69) is 10.3 Å². The van der Waals surface area contributed by atoms with Gasteiger partial charge in [0, 0.05) is 23.8 Å². The number of rotatable bonds is 6. The molecule has 0 aliphatic carbocycles. The van der Waals surface area contributed by atoms with Gasteiger partial charge in [-0.2, -0.15) is 0 Å². The number of hydrogen-bond acceptors (Lipinski definition) is 9. The second kappa shape index (κ2) is 8.14. The van der Waals surface area contributed by atoms with Crippen LogP contribution in [-0.2, 0) is 9.84 Å². The Kier molecular flexibility index (Phi) is 5.78. The van der Waals surface area contributed by atoms with Gasteiger partial charge in [-0.3, -0.25) is 30.3 Å². The molecule has 11 nitrogen and oxygen atoms in total. The molecule has 14 heteroatoms. The smallest absolute Gasteiger partial charge is 0.288 e. The number of anilines is 1. The molecule has 0 fully saturated rings. The van der Waals surface area contributed by atoms with Crippen molar-refractivity contribution < 1.29 is 23.1 Å². The summed E-state index contributed by atoms with van der Waals surface area (Å²) in [4.78, 5) is 36.2. The Morgan fingerprint density at radius 3 is 2.33 bits per heavy atom.